The molecular weight excluding hydrogens is 1290 g/mol. The van der Waals surface area contributed by atoms with Crippen LogP contribution in [0.1, 0.15) is 329 Å². The molecule has 0 aliphatic carbocycles. The average Bonchev–Trinajstić information content (AvgIpc) is 1.22. The molecule has 5 atom stereocenters. The summed E-state index contributed by atoms with van der Waals surface area (Å²) in [4.78, 5) is 58.5. The number of unbranched alkanes of at least 4 members (excludes halogenated alkanes) is 33. The van der Waals surface area contributed by atoms with Crippen molar-refractivity contribution in [1.82, 2.24) is 0 Å². The summed E-state index contributed by atoms with van der Waals surface area (Å²) in [6.45, 7) is 2.53. The third kappa shape index (κ3) is 75.2. The Balaban J connectivity index is 4.41. The minimum atomic E-state index is -4.93. The number of carbonyl (C=O) groups excluding carboxylic acids is 3. The molecule has 18 heteroatoms. The van der Waals surface area contributed by atoms with Crippen LogP contribution in [-0.4, -0.2) is 95.9 Å². The number of allylic oxidation sites excluding steroid dienone is 18. The second kappa shape index (κ2) is 73.9. The molecule has 0 bridgehead atoms. The molecule has 0 aliphatic rings. The molecule has 0 aromatic heterocycles. The first-order chi connectivity index (χ1) is 48.2. The molecule has 0 aromatic carbocycles. The minimum absolute atomic E-state index is 0.102. The van der Waals surface area contributed by atoms with E-state index in [1.165, 1.54) is 141 Å². The van der Waals surface area contributed by atoms with E-state index < -0.39 is 91.5 Å². The molecule has 0 saturated heterocycles. The maximum Gasteiger partial charge on any atom is 0.472 e. The molecule has 0 saturated carbocycles. The predicted molar refractivity (Wildman–Crippen MR) is 408 cm³/mol. The number of aliphatic hydroxyl groups is 2. The molecule has 572 valence electrons. The van der Waals surface area contributed by atoms with Crippen LogP contribution < -0.4 is 0 Å². The second-order valence-corrected chi connectivity index (χ2v) is 29.0. The lowest BCUT2D eigenvalue weighted by molar-refractivity contribution is -0.161. The highest BCUT2D eigenvalue weighted by molar-refractivity contribution is 7.47. The summed E-state index contributed by atoms with van der Waals surface area (Å²) >= 11 is 0. The van der Waals surface area contributed by atoms with Gasteiger partial charge in [0.1, 0.15) is 25.4 Å². The summed E-state index contributed by atoms with van der Waals surface area (Å²) in [5.74, 6) is -1.59. The molecule has 0 aliphatic heterocycles. The molecule has 0 heterocycles. The fourth-order valence-corrected chi connectivity index (χ4v) is 12.1. The molecular formula is C81H142O16P2. The van der Waals surface area contributed by atoms with E-state index in [2.05, 4.69) is 130 Å². The number of phosphoric ester groups is 2. The van der Waals surface area contributed by atoms with Gasteiger partial charge in [0.15, 0.2) is 6.10 Å². The van der Waals surface area contributed by atoms with Crippen LogP contribution in [0.4, 0.5) is 0 Å². The molecule has 0 aromatic rings. The fraction of sp³-hybridized carbons (Fsp3) is 0.741. The van der Waals surface area contributed by atoms with Crippen LogP contribution in [0.2, 0.25) is 0 Å². The van der Waals surface area contributed by atoms with E-state index >= 15 is 0 Å². The number of carbonyl (C=O) groups is 3. The summed E-state index contributed by atoms with van der Waals surface area (Å²) in [6, 6.07) is 0. The summed E-state index contributed by atoms with van der Waals surface area (Å²) < 4.78 is 61.0. The van der Waals surface area contributed by atoms with E-state index in [-0.39, 0.29) is 19.3 Å². The summed E-state index contributed by atoms with van der Waals surface area (Å²) in [5.41, 5.74) is 0. The van der Waals surface area contributed by atoms with Crippen LogP contribution in [0.5, 0.6) is 0 Å². The van der Waals surface area contributed by atoms with Gasteiger partial charge in [-0.25, -0.2) is 9.13 Å². The van der Waals surface area contributed by atoms with Gasteiger partial charge in [-0.05, 0) is 109 Å². The number of hydrogen-bond donors (Lipinski definition) is 4. The van der Waals surface area contributed by atoms with Gasteiger partial charge in [0.2, 0.25) is 0 Å². The summed E-state index contributed by atoms with van der Waals surface area (Å²) in [5, 5.41) is 20.6. The highest BCUT2D eigenvalue weighted by Gasteiger charge is 2.29. The maximum atomic E-state index is 12.9. The Hall–Kier alpha value is -3.79. The van der Waals surface area contributed by atoms with Crippen molar-refractivity contribution in [3.63, 3.8) is 0 Å². The standard InChI is InChI=1S/C81H142O16P2/c1-4-7-10-13-16-19-22-24-26-28-30-32-33-34-35-36-37-38-39-40-41-43-45-46-48-50-53-55-58-61-64-67-79(84)91-70-76(82)71-93-98(87,88)94-72-77(83)73-95-99(89,90)96-75-78(97-81(86)69-66-63-60-57-52-21-18-15-12-9-6-3)74-92-80(85)68-65-62-59-56-54-51-49-47-44-42-31-29-27-25-23-20-17-14-11-8-5-2/h8,11,16-17,19-20,24-27,30-32,34-35,42,47,49,76-78,82-83H,4-7,9-10,12-15,18,21-23,28-29,33,36-41,43-46,48,50-75H2,1-3H3,(H,87,88)(H,89,90)/b11-8-,19-16-,20-17-,26-24-,27-25-,32-30-,35-34-,42-31-,49-47-. The number of rotatable bonds is 74. The first-order valence-electron chi connectivity index (χ1n) is 39.2. The second-order valence-electron chi connectivity index (χ2n) is 26.1. The smallest absolute Gasteiger partial charge is 0.463 e. The van der Waals surface area contributed by atoms with E-state index in [9.17, 15) is 43.5 Å². The Labute approximate surface area is 602 Å². The monoisotopic (exact) mass is 1430 g/mol. The molecule has 0 radical (unpaired) electrons. The van der Waals surface area contributed by atoms with Crippen LogP contribution in [0.3, 0.4) is 0 Å². The van der Waals surface area contributed by atoms with Crippen LogP contribution >= 0.6 is 15.6 Å². The van der Waals surface area contributed by atoms with E-state index in [0.29, 0.717) is 19.3 Å². The molecule has 0 spiro atoms. The van der Waals surface area contributed by atoms with Crippen molar-refractivity contribution in [3.8, 4) is 0 Å². The zero-order valence-corrected chi connectivity index (χ0v) is 64.2. The Morgan fingerprint density at radius 3 is 0.869 bits per heavy atom. The first kappa shape index (κ1) is 95.2. The topological polar surface area (TPSA) is 231 Å². The summed E-state index contributed by atoms with van der Waals surface area (Å²) in [6.07, 6.45) is 85.8. The van der Waals surface area contributed by atoms with Gasteiger partial charge in [-0.2, -0.15) is 0 Å². The third-order valence-electron chi connectivity index (χ3n) is 16.5. The van der Waals surface area contributed by atoms with Crippen molar-refractivity contribution in [1.29, 1.82) is 0 Å². The number of esters is 3. The van der Waals surface area contributed by atoms with E-state index in [4.69, 9.17) is 32.3 Å². The quantitative estimate of drug-likeness (QED) is 0.0146. The van der Waals surface area contributed by atoms with Crippen molar-refractivity contribution in [3.05, 3.63) is 109 Å². The van der Waals surface area contributed by atoms with Gasteiger partial charge in [0.25, 0.3) is 0 Å². The van der Waals surface area contributed by atoms with Gasteiger partial charge in [-0.1, -0.05) is 310 Å². The number of hydrogen-bond acceptors (Lipinski definition) is 14. The lowest BCUT2D eigenvalue weighted by Gasteiger charge is -2.21. The van der Waals surface area contributed by atoms with Crippen LogP contribution in [0, 0.1) is 0 Å². The minimum Gasteiger partial charge on any atom is -0.463 e. The molecule has 0 amide bonds. The number of phosphoric acid groups is 2. The number of aliphatic hydroxyl groups excluding tert-OH is 2. The lowest BCUT2D eigenvalue weighted by Crippen LogP contribution is -2.30. The fourth-order valence-electron chi connectivity index (χ4n) is 10.5. The molecule has 99 heavy (non-hydrogen) atoms. The molecule has 4 N–H and O–H groups in total. The molecule has 0 rings (SSSR count). The zero-order valence-electron chi connectivity index (χ0n) is 62.4. The van der Waals surface area contributed by atoms with Gasteiger partial charge < -0.3 is 34.2 Å². The van der Waals surface area contributed by atoms with Crippen molar-refractivity contribution in [2.24, 2.45) is 0 Å². The Bertz CT molecular complexity index is 2240. The normalized spacial score (nSPS) is 14.6. The lowest BCUT2D eigenvalue weighted by atomic mass is 10.0. The van der Waals surface area contributed by atoms with Gasteiger partial charge >= 0.3 is 33.6 Å². The van der Waals surface area contributed by atoms with Gasteiger partial charge in [-0.15, -0.1) is 0 Å². The molecule has 5 unspecified atom stereocenters. The average molecular weight is 1430 g/mol. The van der Waals surface area contributed by atoms with Crippen molar-refractivity contribution in [2.45, 2.75) is 347 Å². The van der Waals surface area contributed by atoms with Gasteiger partial charge in [0, 0.05) is 19.3 Å². The van der Waals surface area contributed by atoms with Crippen molar-refractivity contribution in [2.75, 3.05) is 39.6 Å². The maximum absolute atomic E-state index is 12.9. The Kier molecular flexibility index (Phi) is 71.1. The van der Waals surface area contributed by atoms with E-state index in [1.807, 2.05) is 0 Å². The number of ether oxygens (including phenoxy) is 3. The Morgan fingerprint density at radius 2 is 0.535 bits per heavy atom. The van der Waals surface area contributed by atoms with Gasteiger partial charge in [0.05, 0.1) is 26.4 Å². The van der Waals surface area contributed by atoms with Crippen molar-refractivity contribution < 1.29 is 75.8 Å². The highest BCUT2D eigenvalue weighted by Crippen LogP contribution is 2.45. The van der Waals surface area contributed by atoms with E-state index in [1.54, 1.807) is 0 Å². The predicted octanol–water partition coefficient (Wildman–Crippen LogP) is 22.8. The Morgan fingerprint density at radius 1 is 0.293 bits per heavy atom. The van der Waals surface area contributed by atoms with Crippen LogP contribution in [-0.2, 0) is 55.8 Å². The SMILES string of the molecule is CC/C=C\C/C=C\C/C=C\C/C=C\C/C=C\CCCCCCCC(=O)OCC(COP(=O)(O)OCC(O)COP(=O)(O)OCC(O)COC(=O)CCCCCCCCCCCCCCCCC/C=C\C/C=C\C/C=C\C/C=C\CCCCC)OC(=O)CCCCCCCCCCCCC. The largest absolute Gasteiger partial charge is 0.472 e. The van der Waals surface area contributed by atoms with Crippen LogP contribution in [0.25, 0.3) is 0 Å². The zero-order chi connectivity index (χ0) is 72.3. The third-order valence-corrected chi connectivity index (χ3v) is 18.4. The molecule has 16 nitrogen and oxygen atoms in total. The van der Waals surface area contributed by atoms with Crippen LogP contribution in [0.15, 0.2) is 109 Å². The van der Waals surface area contributed by atoms with Crippen molar-refractivity contribution >= 4 is 33.6 Å². The highest BCUT2D eigenvalue weighted by atomic mass is 31.2. The van der Waals surface area contributed by atoms with E-state index in [0.717, 1.165) is 128 Å². The summed E-state index contributed by atoms with van der Waals surface area (Å²) in [7, 11) is -9.78. The molecule has 0 fully saturated rings. The first-order valence-corrected chi connectivity index (χ1v) is 42.2. The van der Waals surface area contributed by atoms with Gasteiger partial charge in [-0.3, -0.25) is 32.5 Å².